The Labute approximate surface area is 174 Å². The topological polar surface area (TPSA) is 61.4 Å². The molecule has 0 saturated heterocycles. The van der Waals surface area contributed by atoms with Crippen molar-refractivity contribution >= 4 is 29.6 Å². The minimum absolute atomic E-state index is 0.227. The lowest BCUT2D eigenvalue weighted by atomic mass is 10.1. The molecule has 3 aromatic rings. The quantitative estimate of drug-likeness (QED) is 0.229. The number of aryl methyl sites for hydroxylation is 1. The maximum absolute atomic E-state index is 12.5. The molecule has 0 saturated carbocycles. The van der Waals surface area contributed by atoms with E-state index in [0.29, 0.717) is 12.1 Å². The van der Waals surface area contributed by atoms with Gasteiger partial charge in [-0.25, -0.2) is 4.79 Å². The summed E-state index contributed by atoms with van der Waals surface area (Å²) in [6, 6.07) is 13.4. The number of aromatic nitrogens is 1. The van der Waals surface area contributed by atoms with Crippen molar-refractivity contribution in [2.75, 3.05) is 12.9 Å². The van der Waals surface area contributed by atoms with Crippen LogP contribution in [0.2, 0.25) is 0 Å². The van der Waals surface area contributed by atoms with Crippen LogP contribution in [0.3, 0.4) is 0 Å². The van der Waals surface area contributed by atoms with Crippen LogP contribution in [0.4, 0.5) is 0 Å². The molecule has 0 aliphatic carbocycles. The average Bonchev–Trinajstić information content (AvgIpc) is 3.34. The lowest BCUT2D eigenvalue weighted by Crippen LogP contribution is -2.13. The highest BCUT2D eigenvalue weighted by molar-refractivity contribution is 7.98. The number of benzene rings is 1. The summed E-state index contributed by atoms with van der Waals surface area (Å²) in [6.45, 7) is 4.07. The van der Waals surface area contributed by atoms with E-state index < -0.39 is 5.97 Å². The van der Waals surface area contributed by atoms with Gasteiger partial charge in [-0.1, -0.05) is 12.1 Å². The Morgan fingerprint density at radius 1 is 1.17 bits per heavy atom. The van der Waals surface area contributed by atoms with Crippen LogP contribution in [0.15, 0.2) is 64.1 Å². The molecule has 150 valence electrons. The van der Waals surface area contributed by atoms with E-state index in [9.17, 15) is 9.59 Å². The summed E-state index contributed by atoms with van der Waals surface area (Å²) < 4.78 is 12.5. The summed E-state index contributed by atoms with van der Waals surface area (Å²) in [5.41, 5.74) is 3.22. The van der Waals surface area contributed by atoms with E-state index in [4.69, 9.17) is 9.15 Å². The Kier molecular flexibility index (Phi) is 6.77. The number of hydrogen-bond acceptors (Lipinski definition) is 5. The smallest absolute Gasteiger partial charge is 0.331 e. The van der Waals surface area contributed by atoms with Gasteiger partial charge >= 0.3 is 5.97 Å². The highest BCUT2D eigenvalue weighted by atomic mass is 32.2. The fraction of sp³-hybridized carbons (Fsp3) is 0.217. The molecule has 0 radical (unpaired) electrons. The molecular formula is C23H23NO4S. The number of esters is 1. The first kappa shape index (κ1) is 20.7. The van der Waals surface area contributed by atoms with Crippen molar-refractivity contribution in [3.63, 3.8) is 0 Å². The molecule has 6 heteroatoms. The molecule has 0 spiro atoms. The maximum atomic E-state index is 12.5. The van der Waals surface area contributed by atoms with Crippen molar-refractivity contribution in [3.05, 3.63) is 83.1 Å². The molecule has 0 aliphatic heterocycles. The SMILES string of the molecule is CSc1ccc(C=CC(=O)OCC(=O)c2cc(C)n(Cc3ccco3)c2C)cc1. The van der Waals surface area contributed by atoms with Gasteiger partial charge in [-0.3, -0.25) is 4.79 Å². The third kappa shape index (κ3) is 5.29. The van der Waals surface area contributed by atoms with E-state index >= 15 is 0 Å². The van der Waals surface area contributed by atoms with Crippen molar-refractivity contribution in [2.24, 2.45) is 0 Å². The van der Waals surface area contributed by atoms with E-state index in [1.807, 2.05) is 67.1 Å². The van der Waals surface area contributed by atoms with Crippen molar-refractivity contribution in [1.82, 2.24) is 4.57 Å². The molecule has 2 aromatic heterocycles. The molecule has 0 amide bonds. The minimum atomic E-state index is -0.545. The molecule has 1 aromatic carbocycles. The number of hydrogen-bond donors (Lipinski definition) is 0. The molecule has 5 nitrogen and oxygen atoms in total. The molecule has 0 unspecified atom stereocenters. The van der Waals surface area contributed by atoms with Crippen molar-refractivity contribution < 1.29 is 18.7 Å². The van der Waals surface area contributed by atoms with E-state index in [1.54, 1.807) is 24.1 Å². The van der Waals surface area contributed by atoms with Gasteiger partial charge in [0.25, 0.3) is 0 Å². The van der Waals surface area contributed by atoms with E-state index in [-0.39, 0.29) is 12.4 Å². The third-order valence-corrected chi connectivity index (χ3v) is 5.38. The molecule has 0 atom stereocenters. The second-order valence-corrected chi connectivity index (χ2v) is 7.47. The fourth-order valence-corrected chi connectivity index (χ4v) is 3.44. The first-order valence-corrected chi connectivity index (χ1v) is 10.4. The highest BCUT2D eigenvalue weighted by Crippen LogP contribution is 2.18. The Balaban J connectivity index is 1.58. The Morgan fingerprint density at radius 2 is 1.93 bits per heavy atom. The van der Waals surface area contributed by atoms with Crippen LogP contribution in [0.1, 0.15) is 33.1 Å². The van der Waals surface area contributed by atoms with Gasteiger partial charge in [0, 0.05) is 27.9 Å². The molecule has 0 N–H and O–H groups in total. The Hall–Kier alpha value is -2.99. The number of ether oxygens (including phenoxy) is 1. The largest absolute Gasteiger partial charge is 0.467 e. The first-order chi connectivity index (χ1) is 14.0. The number of carbonyl (C=O) groups is 2. The predicted molar refractivity (Wildman–Crippen MR) is 114 cm³/mol. The van der Waals surface area contributed by atoms with Crippen molar-refractivity contribution in [2.45, 2.75) is 25.3 Å². The van der Waals surface area contributed by atoms with Gasteiger partial charge in [0.2, 0.25) is 5.78 Å². The lowest BCUT2D eigenvalue weighted by Gasteiger charge is -2.08. The lowest BCUT2D eigenvalue weighted by molar-refractivity contribution is -0.136. The van der Waals surface area contributed by atoms with Gasteiger partial charge in [0.15, 0.2) is 6.61 Å². The van der Waals surface area contributed by atoms with Gasteiger partial charge in [-0.2, -0.15) is 0 Å². The van der Waals surface area contributed by atoms with Gasteiger partial charge in [0.05, 0.1) is 12.8 Å². The van der Waals surface area contributed by atoms with Crippen molar-refractivity contribution in [1.29, 1.82) is 0 Å². The second kappa shape index (κ2) is 9.47. The summed E-state index contributed by atoms with van der Waals surface area (Å²) in [4.78, 5) is 25.7. The second-order valence-electron chi connectivity index (χ2n) is 6.59. The van der Waals surface area contributed by atoms with E-state index in [2.05, 4.69) is 0 Å². The number of Topliss-reactive ketones (excluding diaryl/α,β-unsaturated/α-hetero) is 1. The zero-order chi connectivity index (χ0) is 20.8. The van der Waals surface area contributed by atoms with E-state index in [0.717, 1.165) is 27.6 Å². The number of nitrogens with zero attached hydrogens (tertiary/aromatic N) is 1. The van der Waals surface area contributed by atoms with Crippen LogP contribution in [-0.4, -0.2) is 29.2 Å². The first-order valence-electron chi connectivity index (χ1n) is 9.19. The number of ketones is 1. The van der Waals surface area contributed by atoms with Crippen LogP contribution in [0.25, 0.3) is 6.08 Å². The van der Waals surface area contributed by atoms with Gasteiger partial charge < -0.3 is 13.7 Å². The van der Waals surface area contributed by atoms with Crippen LogP contribution in [-0.2, 0) is 16.1 Å². The van der Waals surface area contributed by atoms with Gasteiger partial charge in [0.1, 0.15) is 5.76 Å². The Morgan fingerprint density at radius 3 is 2.59 bits per heavy atom. The Bertz CT molecular complexity index is 1010. The summed E-state index contributed by atoms with van der Waals surface area (Å²) in [5, 5.41) is 0. The molecule has 0 fully saturated rings. The summed E-state index contributed by atoms with van der Waals surface area (Å²) in [7, 11) is 0. The van der Waals surface area contributed by atoms with Crippen LogP contribution in [0.5, 0.6) is 0 Å². The van der Waals surface area contributed by atoms with Gasteiger partial charge in [-0.05, 0) is 62.1 Å². The van der Waals surface area contributed by atoms with Crippen LogP contribution >= 0.6 is 11.8 Å². The third-order valence-electron chi connectivity index (χ3n) is 4.64. The molecule has 29 heavy (non-hydrogen) atoms. The maximum Gasteiger partial charge on any atom is 0.331 e. The summed E-state index contributed by atoms with van der Waals surface area (Å²) >= 11 is 1.66. The summed E-state index contributed by atoms with van der Waals surface area (Å²) in [6.07, 6.45) is 6.64. The average molecular weight is 410 g/mol. The normalized spacial score (nSPS) is 11.1. The predicted octanol–water partition coefficient (Wildman–Crippen LogP) is 4.91. The number of rotatable bonds is 8. The zero-order valence-electron chi connectivity index (χ0n) is 16.7. The molecule has 0 aliphatic rings. The van der Waals surface area contributed by atoms with Gasteiger partial charge in [-0.15, -0.1) is 11.8 Å². The molecule has 3 rings (SSSR count). The van der Waals surface area contributed by atoms with Crippen LogP contribution in [0, 0.1) is 13.8 Å². The van der Waals surface area contributed by atoms with E-state index in [1.165, 1.54) is 6.08 Å². The molecular weight excluding hydrogens is 386 g/mol. The zero-order valence-corrected chi connectivity index (χ0v) is 17.5. The fourth-order valence-electron chi connectivity index (χ4n) is 3.03. The molecule has 2 heterocycles. The number of carbonyl (C=O) groups excluding carboxylic acids is 2. The molecule has 0 bridgehead atoms. The number of furan rings is 1. The highest BCUT2D eigenvalue weighted by Gasteiger charge is 2.17. The monoisotopic (exact) mass is 409 g/mol. The van der Waals surface area contributed by atoms with Crippen LogP contribution < -0.4 is 0 Å². The number of thioether (sulfide) groups is 1. The minimum Gasteiger partial charge on any atom is -0.467 e. The summed E-state index contributed by atoms with van der Waals surface area (Å²) in [5.74, 6) is 0.0412. The standard InChI is InChI=1S/C23H23NO4S/c1-16-13-21(17(2)24(16)14-19-5-4-12-27-19)22(25)15-28-23(26)11-8-18-6-9-20(29-3)10-7-18/h4-13H,14-15H2,1-3H3. The van der Waals surface area contributed by atoms with Crippen molar-refractivity contribution in [3.8, 4) is 0 Å².